The fourth-order valence-electron chi connectivity index (χ4n) is 2.74. The lowest BCUT2D eigenvalue weighted by atomic mass is 10.1. The summed E-state index contributed by atoms with van der Waals surface area (Å²) in [5, 5.41) is 2.25. The highest BCUT2D eigenvalue weighted by Gasteiger charge is 2.35. The first-order valence-corrected chi connectivity index (χ1v) is 9.69. The summed E-state index contributed by atoms with van der Waals surface area (Å²) in [7, 11) is 0. The Kier molecular flexibility index (Phi) is 5.47. The Morgan fingerprint density at radius 2 is 1.81 bits per heavy atom. The van der Waals surface area contributed by atoms with Gasteiger partial charge in [-0.25, -0.2) is 4.98 Å². The number of thiazole rings is 1. The van der Waals surface area contributed by atoms with Crippen LogP contribution in [-0.2, 0) is 6.18 Å². The predicted molar refractivity (Wildman–Crippen MR) is 111 cm³/mol. The Bertz CT molecular complexity index is 1190. The molecule has 0 radical (unpaired) electrons. The monoisotopic (exact) mass is 446 g/mol. The molecule has 2 heterocycles. The minimum Gasteiger partial charge on any atom is -0.457 e. The molecule has 0 saturated carbocycles. The Morgan fingerprint density at radius 1 is 1.03 bits per heavy atom. The molecular formula is C21H14F4N4OS. The van der Waals surface area contributed by atoms with Crippen molar-refractivity contribution in [3.05, 3.63) is 77.7 Å². The number of nitrogens with two attached hydrogens (primary N) is 1. The van der Waals surface area contributed by atoms with Crippen LogP contribution in [0.3, 0.4) is 0 Å². The molecule has 158 valence electrons. The number of rotatable bonds is 5. The molecule has 0 aliphatic carbocycles. The third kappa shape index (κ3) is 4.75. The molecule has 0 amide bonds. The molecular weight excluding hydrogens is 432 g/mol. The molecule has 5 nitrogen and oxygen atoms in total. The maximum atomic E-state index is 14.3. The van der Waals surface area contributed by atoms with Crippen molar-refractivity contribution >= 4 is 27.8 Å². The van der Waals surface area contributed by atoms with Gasteiger partial charge in [0.05, 0.1) is 0 Å². The number of nitrogens with zero attached hydrogens (tertiary/aromatic N) is 2. The minimum absolute atomic E-state index is 0.0694. The summed E-state index contributed by atoms with van der Waals surface area (Å²) in [6, 6.07) is 12.7. The number of pyridine rings is 1. The number of hydrogen-bond acceptors (Lipinski definition) is 6. The SMILES string of the molecule is Nc1ccc(Oc2ccc(Nc3nc(-c4cccnc4)c(F)s3)cc2C(F)(F)F)cc1. The zero-order valence-corrected chi connectivity index (χ0v) is 16.5. The summed E-state index contributed by atoms with van der Waals surface area (Å²) in [4.78, 5) is 8.05. The number of alkyl halides is 3. The van der Waals surface area contributed by atoms with Gasteiger partial charge in [0.25, 0.3) is 0 Å². The van der Waals surface area contributed by atoms with Gasteiger partial charge in [0, 0.05) is 29.3 Å². The van der Waals surface area contributed by atoms with E-state index in [0.717, 1.165) is 6.07 Å². The summed E-state index contributed by atoms with van der Waals surface area (Å²) in [6.45, 7) is 0. The van der Waals surface area contributed by atoms with E-state index in [-0.39, 0.29) is 28.0 Å². The van der Waals surface area contributed by atoms with E-state index in [4.69, 9.17) is 10.5 Å². The maximum absolute atomic E-state index is 14.3. The van der Waals surface area contributed by atoms with Crippen LogP contribution in [0.5, 0.6) is 11.5 Å². The van der Waals surface area contributed by atoms with E-state index < -0.39 is 16.9 Å². The van der Waals surface area contributed by atoms with Crippen molar-refractivity contribution < 1.29 is 22.3 Å². The van der Waals surface area contributed by atoms with Gasteiger partial charge in [0.1, 0.15) is 22.8 Å². The van der Waals surface area contributed by atoms with Crippen molar-refractivity contribution in [3.63, 3.8) is 0 Å². The number of benzene rings is 2. The van der Waals surface area contributed by atoms with Crippen LogP contribution in [-0.4, -0.2) is 9.97 Å². The first-order chi connectivity index (χ1) is 14.8. The van der Waals surface area contributed by atoms with Gasteiger partial charge in [-0.1, -0.05) is 11.3 Å². The molecule has 0 aliphatic rings. The number of ether oxygens (including phenoxy) is 1. The number of halogens is 4. The van der Waals surface area contributed by atoms with Gasteiger partial charge in [-0.05, 0) is 54.6 Å². The maximum Gasteiger partial charge on any atom is 0.420 e. The lowest BCUT2D eigenvalue weighted by molar-refractivity contribution is -0.138. The number of nitrogens with one attached hydrogen (secondary N) is 1. The van der Waals surface area contributed by atoms with Gasteiger partial charge in [0.15, 0.2) is 5.13 Å². The van der Waals surface area contributed by atoms with Crippen LogP contribution in [0.15, 0.2) is 67.0 Å². The molecule has 2 aromatic heterocycles. The predicted octanol–water partition coefficient (Wildman–Crippen LogP) is 6.48. The molecule has 0 saturated heterocycles. The smallest absolute Gasteiger partial charge is 0.420 e. The molecule has 31 heavy (non-hydrogen) atoms. The molecule has 0 unspecified atom stereocenters. The summed E-state index contributed by atoms with van der Waals surface area (Å²) in [6.07, 6.45) is -1.68. The van der Waals surface area contributed by atoms with E-state index in [1.165, 1.54) is 42.6 Å². The summed E-state index contributed by atoms with van der Waals surface area (Å²) in [5.74, 6) is -0.160. The van der Waals surface area contributed by atoms with Gasteiger partial charge in [-0.2, -0.15) is 17.6 Å². The fraction of sp³-hybridized carbons (Fsp3) is 0.0476. The Hall–Kier alpha value is -3.66. The lowest BCUT2D eigenvalue weighted by Gasteiger charge is -2.15. The fourth-order valence-corrected chi connectivity index (χ4v) is 3.48. The summed E-state index contributed by atoms with van der Waals surface area (Å²) >= 11 is 0.685. The van der Waals surface area contributed by atoms with Gasteiger partial charge in [0.2, 0.25) is 5.13 Å². The minimum atomic E-state index is -4.67. The van der Waals surface area contributed by atoms with Gasteiger partial charge >= 0.3 is 6.18 Å². The first kappa shape index (κ1) is 20.6. The van der Waals surface area contributed by atoms with Gasteiger partial charge in [-0.15, -0.1) is 0 Å². The van der Waals surface area contributed by atoms with E-state index in [2.05, 4.69) is 15.3 Å². The number of anilines is 3. The molecule has 2 aromatic carbocycles. The second-order valence-electron chi connectivity index (χ2n) is 6.39. The van der Waals surface area contributed by atoms with E-state index in [0.29, 0.717) is 22.6 Å². The highest BCUT2D eigenvalue weighted by Crippen LogP contribution is 2.40. The molecule has 0 aliphatic heterocycles. The molecule has 0 atom stereocenters. The highest BCUT2D eigenvalue weighted by atomic mass is 32.1. The quantitative estimate of drug-likeness (QED) is 0.271. The van der Waals surface area contributed by atoms with Crippen LogP contribution in [0.25, 0.3) is 11.3 Å². The van der Waals surface area contributed by atoms with Crippen LogP contribution < -0.4 is 15.8 Å². The Balaban J connectivity index is 1.62. The van der Waals surface area contributed by atoms with Crippen molar-refractivity contribution in [2.75, 3.05) is 11.1 Å². The molecule has 0 spiro atoms. The van der Waals surface area contributed by atoms with Gasteiger partial charge in [-0.3, -0.25) is 4.98 Å². The van der Waals surface area contributed by atoms with E-state index >= 15 is 0 Å². The van der Waals surface area contributed by atoms with Crippen LogP contribution >= 0.6 is 11.3 Å². The van der Waals surface area contributed by atoms with E-state index in [1.807, 2.05) is 0 Å². The normalized spacial score (nSPS) is 11.4. The van der Waals surface area contributed by atoms with Crippen LogP contribution in [0.2, 0.25) is 0 Å². The van der Waals surface area contributed by atoms with Crippen molar-refractivity contribution in [1.82, 2.24) is 9.97 Å². The average Bonchev–Trinajstić information content (AvgIpc) is 3.10. The second-order valence-corrected chi connectivity index (χ2v) is 7.34. The Labute approximate surface area is 178 Å². The second kappa shape index (κ2) is 8.23. The third-order valence-electron chi connectivity index (χ3n) is 4.16. The lowest BCUT2D eigenvalue weighted by Crippen LogP contribution is -2.08. The average molecular weight is 446 g/mol. The van der Waals surface area contributed by atoms with E-state index in [9.17, 15) is 17.6 Å². The zero-order chi connectivity index (χ0) is 22.0. The molecule has 10 heteroatoms. The first-order valence-electron chi connectivity index (χ1n) is 8.88. The molecule has 0 fully saturated rings. The van der Waals surface area contributed by atoms with Crippen LogP contribution in [0.1, 0.15) is 5.56 Å². The third-order valence-corrected chi connectivity index (χ3v) is 4.92. The van der Waals surface area contributed by atoms with Crippen molar-refractivity contribution in [2.24, 2.45) is 0 Å². The molecule has 4 rings (SSSR count). The van der Waals surface area contributed by atoms with Crippen molar-refractivity contribution in [3.8, 4) is 22.8 Å². The van der Waals surface area contributed by atoms with Crippen LogP contribution in [0.4, 0.5) is 34.1 Å². The largest absolute Gasteiger partial charge is 0.457 e. The number of nitrogen functional groups attached to an aromatic ring is 1. The molecule has 0 bridgehead atoms. The summed E-state index contributed by atoms with van der Waals surface area (Å²) < 4.78 is 60.5. The molecule has 4 aromatic rings. The molecule has 3 N–H and O–H groups in total. The van der Waals surface area contributed by atoms with E-state index in [1.54, 1.807) is 18.3 Å². The highest BCUT2D eigenvalue weighted by molar-refractivity contribution is 7.14. The number of hydrogen-bond donors (Lipinski definition) is 2. The van der Waals surface area contributed by atoms with Gasteiger partial charge < -0.3 is 15.8 Å². The van der Waals surface area contributed by atoms with Crippen molar-refractivity contribution in [2.45, 2.75) is 6.18 Å². The number of aromatic nitrogens is 2. The summed E-state index contributed by atoms with van der Waals surface area (Å²) in [5.41, 5.74) is 5.68. The topological polar surface area (TPSA) is 73.1 Å². The standard InChI is InChI=1S/C21H14F4N4OS/c22-19-18(12-2-1-9-27-11-12)29-20(31-19)28-14-5-8-17(16(10-14)21(23,24)25)30-15-6-3-13(26)4-7-15/h1-11H,26H2,(H,28,29). The zero-order valence-electron chi connectivity index (χ0n) is 15.7. The Morgan fingerprint density at radius 3 is 2.48 bits per heavy atom. The van der Waals surface area contributed by atoms with Crippen molar-refractivity contribution in [1.29, 1.82) is 0 Å². The van der Waals surface area contributed by atoms with Crippen LogP contribution in [0, 0.1) is 5.13 Å².